The van der Waals surface area contributed by atoms with Crippen LogP contribution in [0.4, 0.5) is 0 Å². The van der Waals surface area contributed by atoms with Gasteiger partial charge in [0.1, 0.15) is 44.7 Å². The quantitative estimate of drug-likeness (QED) is 0.132. The number of fused-ring (bicyclic) bond motifs is 2. The molecule has 0 aliphatic carbocycles. The lowest BCUT2D eigenvalue weighted by atomic mass is 9.85. The molecule has 4 nitrogen and oxygen atoms in total. The first kappa shape index (κ1) is 33.1. The second-order valence-electron chi connectivity index (χ2n) is 17.4. The third kappa shape index (κ3) is 4.09. The van der Waals surface area contributed by atoms with E-state index >= 15 is 0 Å². The fourth-order valence-corrected chi connectivity index (χ4v) is 11.4. The Labute approximate surface area is 363 Å². The second kappa shape index (κ2) is 11.6. The minimum atomic E-state index is 0.796. The van der Waals surface area contributed by atoms with Crippen molar-refractivity contribution in [3.63, 3.8) is 0 Å². The highest BCUT2D eigenvalue weighted by Gasteiger charge is 2.30. The van der Waals surface area contributed by atoms with E-state index in [-0.39, 0.29) is 0 Å². The third-order valence-electron chi connectivity index (χ3n) is 14.2. The van der Waals surface area contributed by atoms with E-state index in [1.54, 1.807) is 0 Å². The molecule has 0 aromatic heterocycles. The van der Waals surface area contributed by atoms with Crippen molar-refractivity contribution in [1.82, 2.24) is 0 Å². The Kier molecular flexibility index (Phi) is 6.02. The van der Waals surface area contributed by atoms with Gasteiger partial charge in [-0.1, -0.05) is 133 Å². The molecule has 0 saturated heterocycles. The van der Waals surface area contributed by atoms with Crippen LogP contribution in [-0.2, 0) is 0 Å². The van der Waals surface area contributed by atoms with Crippen molar-refractivity contribution < 1.29 is 17.7 Å². The lowest BCUT2D eigenvalue weighted by molar-refractivity contribution is 0.645. The van der Waals surface area contributed by atoms with Crippen molar-refractivity contribution >= 4 is 109 Å². The average molecular weight is 815 g/mol. The van der Waals surface area contributed by atoms with E-state index in [2.05, 4.69) is 182 Å². The first-order valence-electron chi connectivity index (χ1n) is 21.8. The van der Waals surface area contributed by atoms with Crippen LogP contribution in [0.15, 0.2) is 200 Å². The maximum Gasteiger partial charge on any atom is 0.144 e. The summed E-state index contributed by atoms with van der Waals surface area (Å²) in [6, 6.07) is 64.8. The van der Waals surface area contributed by atoms with Gasteiger partial charge in [-0.3, -0.25) is 0 Å². The second-order valence-corrected chi connectivity index (χ2v) is 17.4. The van der Waals surface area contributed by atoms with E-state index in [0.717, 1.165) is 143 Å². The Morgan fingerprint density at radius 3 is 0.828 bits per heavy atom. The van der Waals surface area contributed by atoms with Crippen LogP contribution in [0.1, 0.15) is 0 Å². The summed E-state index contributed by atoms with van der Waals surface area (Å²) < 4.78 is 28.6. The lowest BCUT2D eigenvalue weighted by Gasteiger charge is -2.23. The first-order chi connectivity index (χ1) is 31.7. The molecule has 294 valence electrons. The fraction of sp³-hybridized carbons (Fsp3) is 0. The minimum Gasteiger partial charge on any atom is -0.455 e. The molecule has 0 fully saturated rings. The summed E-state index contributed by atoms with van der Waals surface area (Å²) in [6.45, 7) is 0. The highest BCUT2D eigenvalue weighted by atomic mass is 16.3. The monoisotopic (exact) mass is 814 g/mol. The van der Waals surface area contributed by atoms with E-state index in [1.807, 2.05) is 0 Å². The van der Waals surface area contributed by atoms with E-state index in [1.165, 1.54) is 21.5 Å². The summed E-state index contributed by atoms with van der Waals surface area (Å²) in [4.78, 5) is 0. The molecular formula is C60H30O4. The summed E-state index contributed by atoms with van der Waals surface area (Å²) in [5, 5.41) is 13.4. The predicted octanol–water partition coefficient (Wildman–Crippen LogP) is 17.7. The average Bonchev–Trinajstić information content (AvgIpc) is 3.35. The highest BCUT2D eigenvalue weighted by molar-refractivity contribution is 6.29. The molecule has 0 radical (unpaired) electrons. The van der Waals surface area contributed by atoms with E-state index in [0.29, 0.717) is 0 Å². The summed E-state index contributed by atoms with van der Waals surface area (Å²) in [5.41, 5.74) is 17.2. The Balaban J connectivity index is 0.975. The molecule has 4 aliphatic heterocycles. The molecule has 16 rings (SSSR count). The highest BCUT2D eigenvalue weighted by Crippen LogP contribution is 2.55. The van der Waals surface area contributed by atoms with Crippen LogP contribution in [0.3, 0.4) is 0 Å². The Hall–Kier alpha value is -8.60. The third-order valence-corrected chi connectivity index (χ3v) is 14.2. The van der Waals surface area contributed by atoms with Crippen molar-refractivity contribution in [2.24, 2.45) is 0 Å². The lowest BCUT2D eigenvalue weighted by Crippen LogP contribution is -1.98. The van der Waals surface area contributed by atoms with Gasteiger partial charge < -0.3 is 17.7 Å². The molecule has 0 spiro atoms. The van der Waals surface area contributed by atoms with Crippen molar-refractivity contribution in [2.75, 3.05) is 0 Å². The van der Waals surface area contributed by atoms with E-state index in [9.17, 15) is 0 Å². The fourth-order valence-electron chi connectivity index (χ4n) is 11.4. The van der Waals surface area contributed by atoms with Crippen LogP contribution < -0.4 is 0 Å². The molecule has 0 atom stereocenters. The molecule has 4 heteroatoms. The van der Waals surface area contributed by atoms with Gasteiger partial charge in [0, 0.05) is 66.1 Å². The van der Waals surface area contributed by atoms with Crippen molar-refractivity contribution in [3.8, 4) is 55.6 Å². The largest absolute Gasteiger partial charge is 0.455 e. The topological polar surface area (TPSA) is 52.6 Å². The predicted molar refractivity (Wildman–Crippen MR) is 262 cm³/mol. The zero-order valence-electron chi connectivity index (χ0n) is 34.0. The Morgan fingerprint density at radius 2 is 0.484 bits per heavy atom. The van der Waals surface area contributed by atoms with Gasteiger partial charge in [-0.2, -0.15) is 0 Å². The van der Waals surface area contributed by atoms with Crippen molar-refractivity contribution in [3.05, 3.63) is 182 Å². The summed E-state index contributed by atoms with van der Waals surface area (Å²) in [6.07, 6.45) is 0. The molecular weight excluding hydrogens is 785 g/mol. The molecule has 0 bridgehead atoms. The van der Waals surface area contributed by atoms with E-state index < -0.39 is 0 Å². The number of rotatable bonds is 3. The summed E-state index contributed by atoms with van der Waals surface area (Å²) >= 11 is 0. The molecule has 4 aliphatic rings. The number of hydrogen-bond donors (Lipinski definition) is 0. The molecule has 0 unspecified atom stereocenters. The van der Waals surface area contributed by atoms with Gasteiger partial charge in [0.15, 0.2) is 0 Å². The maximum atomic E-state index is 7.21. The van der Waals surface area contributed by atoms with Gasteiger partial charge in [0.05, 0.1) is 0 Å². The summed E-state index contributed by atoms with van der Waals surface area (Å²) in [7, 11) is 0. The van der Waals surface area contributed by atoms with Crippen LogP contribution in [0.5, 0.6) is 0 Å². The van der Waals surface area contributed by atoms with Crippen molar-refractivity contribution in [2.45, 2.75) is 0 Å². The molecule has 4 heterocycles. The molecule has 0 amide bonds. The number of hydrogen-bond acceptors (Lipinski definition) is 4. The Bertz CT molecular complexity index is 4250. The van der Waals surface area contributed by atoms with Crippen LogP contribution >= 0.6 is 0 Å². The van der Waals surface area contributed by atoms with Gasteiger partial charge in [-0.25, -0.2) is 0 Å². The van der Waals surface area contributed by atoms with Gasteiger partial charge >= 0.3 is 0 Å². The van der Waals surface area contributed by atoms with Crippen LogP contribution in [0, 0.1) is 0 Å². The summed E-state index contributed by atoms with van der Waals surface area (Å²) in [5.74, 6) is 0. The van der Waals surface area contributed by atoms with Gasteiger partial charge in [-0.15, -0.1) is 0 Å². The number of benzene rings is 12. The first-order valence-corrected chi connectivity index (χ1v) is 21.8. The zero-order valence-corrected chi connectivity index (χ0v) is 34.0. The van der Waals surface area contributed by atoms with Crippen LogP contribution in [-0.4, -0.2) is 0 Å². The zero-order chi connectivity index (χ0) is 41.4. The molecule has 12 aromatic carbocycles. The molecule has 0 saturated carbocycles. The minimum absolute atomic E-state index is 0.796. The molecule has 0 N–H and O–H groups in total. The Morgan fingerprint density at radius 1 is 0.203 bits per heavy atom. The smallest absolute Gasteiger partial charge is 0.144 e. The standard InChI is InChI=1S/C60H30O4/c1-3-11-37-31(7-1)9-5-13-39(37)41-23-15-33-19-29-47-53-49(33)57(41)61-45-27-21-35-17-25-43(59(63-47)51(35)55(45)53)44-26-18-36-22-28-46-56-52(36)60(44)64-48-30-20-34-16-24-42(58(62-46)50(34)54(48)56)40-14-6-10-32-8-2-4-12-38(32)40/h1-30H. The SMILES string of the molecule is c1ccc2c(-c3ccc4ccc5oc6c(-c7ccc8ccc9oc%10c(-c%11cccc%12ccccc%11%12)ccc%11ccc%12oc7c8c9-c%12c%11%10)ccc7ccc8oc3c4c5-c8c76)cccc2c1. The maximum absolute atomic E-state index is 7.21. The van der Waals surface area contributed by atoms with Gasteiger partial charge in [0.25, 0.3) is 0 Å². The molecule has 64 heavy (non-hydrogen) atoms. The van der Waals surface area contributed by atoms with Gasteiger partial charge in [-0.05, 0) is 103 Å². The van der Waals surface area contributed by atoms with Crippen LogP contribution in [0.2, 0.25) is 0 Å². The normalized spacial score (nSPS) is 12.7. The van der Waals surface area contributed by atoms with Crippen LogP contribution in [0.25, 0.3) is 165 Å². The van der Waals surface area contributed by atoms with Gasteiger partial charge in [0.2, 0.25) is 0 Å². The molecule has 12 aromatic rings. The van der Waals surface area contributed by atoms with E-state index in [4.69, 9.17) is 17.7 Å². The van der Waals surface area contributed by atoms with Crippen molar-refractivity contribution in [1.29, 1.82) is 0 Å².